The molecule has 0 aromatic heterocycles. The van der Waals surface area contributed by atoms with Crippen LogP contribution < -0.4 is 0 Å². The maximum absolute atomic E-state index is 14.0. The summed E-state index contributed by atoms with van der Waals surface area (Å²) >= 11 is 0. The molecule has 0 bridgehead atoms. The van der Waals surface area contributed by atoms with E-state index in [9.17, 15) is 52.7 Å². The summed E-state index contributed by atoms with van der Waals surface area (Å²) in [6.07, 6.45) is -4.49. The minimum absolute atomic E-state index is 0.915. The molecule has 0 fully saturated rings. The molecule has 0 aromatic carbocycles. The lowest BCUT2D eigenvalue weighted by Gasteiger charge is -2.42. The average Bonchev–Trinajstić information content (AvgIpc) is 2.75. The molecular formula is C16H26F12O4Si2. The van der Waals surface area contributed by atoms with Gasteiger partial charge >= 0.3 is 52.7 Å². The van der Waals surface area contributed by atoms with E-state index in [1.165, 1.54) is 0 Å². The summed E-state index contributed by atoms with van der Waals surface area (Å²) in [5.41, 5.74) is 0. The van der Waals surface area contributed by atoms with Gasteiger partial charge in [0.1, 0.15) is 0 Å². The van der Waals surface area contributed by atoms with E-state index in [2.05, 4.69) is 17.7 Å². The number of hydrogen-bond acceptors (Lipinski definition) is 4. The first-order chi connectivity index (χ1) is 14.9. The third-order valence-electron chi connectivity index (χ3n) is 5.62. The first-order valence-corrected chi connectivity index (χ1v) is 14.4. The molecule has 0 saturated heterocycles. The van der Waals surface area contributed by atoms with Gasteiger partial charge in [-0.1, -0.05) is 0 Å². The molecule has 0 aliphatic carbocycles. The second-order valence-corrected chi connectivity index (χ2v) is 15.0. The van der Waals surface area contributed by atoms with Crippen LogP contribution in [0.15, 0.2) is 0 Å². The third-order valence-corrected chi connectivity index (χ3v) is 11.4. The number of rotatable bonds is 15. The highest BCUT2D eigenvalue weighted by Gasteiger charge is 2.89. The van der Waals surface area contributed by atoms with Gasteiger partial charge < -0.3 is 17.7 Å². The Labute approximate surface area is 190 Å². The highest BCUT2D eigenvalue weighted by molar-refractivity contribution is 6.66. The lowest BCUT2D eigenvalue weighted by atomic mass is 9.90. The Morgan fingerprint density at radius 3 is 0.824 bits per heavy atom. The summed E-state index contributed by atoms with van der Waals surface area (Å²) in [5, 5.41) is 0. The zero-order valence-corrected chi connectivity index (χ0v) is 21.0. The minimum Gasteiger partial charge on any atom is -0.398 e. The quantitative estimate of drug-likeness (QED) is 0.172. The summed E-state index contributed by atoms with van der Waals surface area (Å²) in [6.45, 7) is 2.08. The van der Waals surface area contributed by atoms with E-state index < -0.39 is 77.6 Å². The van der Waals surface area contributed by atoms with Crippen molar-refractivity contribution in [2.75, 3.05) is 28.4 Å². The van der Waals surface area contributed by atoms with Crippen LogP contribution in [0.3, 0.4) is 0 Å². The predicted molar refractivity (Wildman–Crippen MR) is 99.8 cm³/mol. The van der Waals surface area contributed by atoms with Gasteiger partial charge in [-0.05, 0) is 25.2 Å². The molecule has 0 amide bonds. The summed E-state index contributed by atoms with van der Waals surface area (Å²) in [4.78, 5) is 0. The molecule has 0 aliphatic rings. The standard InChI is InChI=1S/C16H26F12O4Si2/c1-29-33(5,30-2)9-7-11(17,18)13(21,22)15(25,26)16(27,28)14(23,24)12(19,20)8-10-34(6,31-3)32-4/h7-10H2,1-6H3. The molecule has 34 heavy (non-hydrogen) atoms. The fraction of sp³-hybridized carbons (Fsp3) is 1.00. The van der Waals surface area contributed by atoms with Crippen molar-refractivity contribution in [3.63, 3.8) is 0 Å². The smallest absolute Gasteiger partial charge is 0.384 e. The fourth-order valence-corrected chi connectivity index (χ4v) is 5.20. The van der Waals surface area contributed by atoms with Crippen LogP contribution in [-0.2, 0) is 17.7 Å². The van der Waals surface area contributed by atoms with Crippen molar-refractivity contribution in [3.05, 3.63) is 0 Å². The Morgan fingerprint density at radius 1 is 0.441 bits per heavy atom. The van der Waals surface area contributed by atoms with E-state index in [4.69, 9.17) is 0 Å². The average molecular weight is 567 g/mol. The lowest BCUT2D eigenvalue weighted by molar-refractivity contribution is -0.425. The van der Waals surface area contributed by atoms with Gasteiger partial charge in [-0.15, -0.1) is 0 Å². The third kappa shape index (κ3) is 5.87. The summed E-state index contributed by atoms with van der Waals surface area (Å²) in [7, 11) is -3.59. The Hall–Kier alpha value is -0.566. The van der Waals surface area contributed by atoms with Crippen molar-refractivity contribution >= 4 is 17.1 Å². The van der Waals surface area contributed by atoms with E-state index in [-0.39, 0.29) is 0 Å². The Morgan fingerprint density at radius 2 is 0.647 bits per heavy atom. The van der Waals surface area contributed by atoms with Crippen LogP contribution in [0, 0.1) is 0 Å². The Kier molecular flexibility index (Phi) is 10.3. The number of halogens is 12. The van der Waals surface area contributed by atoms with Gasteiger partial charge in [0.2, 0.25) is 0 Å². The van der Waals surface area contributed by atoms with Crippen molar-refractivity contribution < 1.29 is 70.4 Å². The molecule has 0 aliphatic heterocycles. The van der Waals surface area contributed by atoms with Crippen molar-refractivity contribution in [3.8, 4) is 0 Å². The second-order valence-electron chi connectivity index (χ2n) is 7.79. The molecule has 0 spiro atoms. The molecule has 0 saturated carbocycles. The molecule has 0 radical (unpaired) electrons. The summed E-state index contributed by atoms with van der Waals surface area (Å²) in [6, 6.07) is -2.29. The summed E-state index contributed by atoms with van der Waals surface area (Å²) in [5.74, 6) is -41.6. The zero-order valence-electron chi connectivity index (χ0n) is 19.0. The van der Waals surface area contributed by atoms with Crippen molar-refractivity contribution in [2.24, 2.45) is 0 Å². The SMILES string of the molecule is CO[Si](C)(CCC(F)(F)C(F)(F)C(F)(F)C(F)(F)C(F)(F)C(F)(F)CC[Si](C)(OC)OC)OC. The maximum atomic E-state index is 14.0. The van der Waals surface area contributed by atoms with Crippen LogP contribution in [0.2, 0.25) is 25.2 Å². The first-order valence-electron chi connectivity index (χ1n) is 9.38. The molecule has 206 valence electrons. The highest BCUT2D eigenvalue weighted by Crippen LogP contribution is 2.61. The molecule has 0 atom stereocenters. The molecular weight excluding hydrogens is 540 g/mol. The van der Waals surface area contributed by atoms with Crippen molar-refractivity contribution in [1.29, 1.82) is 0 Å². The van der Waals surface area contributed by atoms with E-state index in [1.807, 2.05) is 0 Å². The van der Waals surface area contributed by atoms with Crippen molar-refractivity contribution in [2.45, 2.75) is 73.6 Å². The normalized spacial score (nSPS) is 15.7. The zero-order chi connectivity index (χ0) is 27.7. The Bertz CT molecular complexity index is 614. The van der Waals surface area contributed by atoms with Crippen molar-refractivity contribution in [1.82, 2.24) is 0 Å². The van der Waals surface area contributed by atoms with Gasteiger partial charge in [0.25, 0.3) is 0 Å². The molecule has 0 rings (SSSR count). The van der Waals surface area contributed by atoms with Gasteiger partial charge in [0.15, 0.2) is 0 Å². The highest BCUT2D eigenvalue weighted by atomic mass is 28.4. The van der Waals surface area contributed by atoms with Crippen LogP contribution in [-0.4, -0.2) is 81.1 Å². The molecule has 4 nitrogen and oxygen atoms in total. The van der Waals surface area contributed by atoms with Crippen LogP contribution in [0.1, 0.15) is 12.8 Å². The maximum Gasteiger partial charge on any atom is 0.384 e. The summed E-state index contributed by atoms with van der Waals surface area (Å²) < 4.78 is 187. The van der Waals surface area contributed by atoms with E-state index >= 15 is 0 Å². The predicted octanol–water partition coefficient (Wildman–Crippen LogP) is 6.31. The van der Waals surface area contributed by atoms with Gasteiger partial charge in [0, 0.05) is 41.3 Å². The van der Waals surface area contributed by atoms with Crippen LogP contribution in [0.25, 0.3) is 0 Å². The lowest BCUT2D eigenvalue weighted by Crippen LogP contribution is -2.70. The van der Waals surface area contributed by atoms with E-state index in [0.29, 0.717) is 0 Å². The molecule has 0 unspecified atom stereocenters. The molecule has 0 N–H and O–H groups in total. The largest absolute Gasteiger partial charge is 0.398 e. The van der Waals surface area contributed by atoms with Gasteiger partial charge in [-0.2, -0.15) is 52.7 Å². The molecule has 0 aromatic rings. The molecule has 18 heteroatoms. The first kappa shape index (κ1) is 33.4. The number of hydrogen-bond donors (Lipinski definition) is 0. The molecule has 0 heterocycles. The monoisotopic (exact) mass is 566 g/mol. The van der Waals surface area contributed by atoms with Crippen LogP contribution in [0.5, 0.6) is 0 Å². The van der Waals surface area contributed by atoms with Gasteiger partial charge in [-0.3, -0.25) is 0 Å². The van der Waals surface area contributed by atoms with E-state index in [0.717, 1.165) is 41.5 Å². The van der Waals surface area contributed by atoms with E-state index in [1.54, 1.807) is 0 Å². The topological polar surface area (TPSA) is 36.9 Å². The van der Waals surface area contributed by atoms with Gasteiger partial charge in [-0.25, -0.2) is 0 Å². The van der Waals surface area contributed by atoms with Crippen LogP contribution in [0.4, 0.5) is 52.7 Å². The number of alkyl halides is 12. The minimum atomic E-state index is -7.60. The Balaban J connectivity index is 6.16. The van der Waals surface area contributed by atoms with Gasteiger partial charge in [0.05, 0.1) is 0 Å². The fourth-order valence-electron chi connectivity index (χ4n) is 2.51. The second kappa shape index (κ2) is 10.4. The van der Waals surface area contributed by atoms with Crippen LogP contribution >= 0.6 is 0 Å².